The number of nitriles is 1. The van der Waals surface area contributed by atoms with Crippen LogP contribution in [-0.2, 0) is 15.6 Å². The summed E-state index contributed by atoms with van der Waals surface area (Å²) in [4.78, 5) is 14.1. The zero-order valence-corrected chi connectivity index (χ0v) is 18.1. The van der Waals surface area contributed by atoms with Crippen molar-refractivity contribution in [3.63, 3.8) is 0 Å². The van der Waals surface area contributed by atoms with E-state index in [4.69, 9.17) is 0 Å². The van der Waals surface area contributed by atoms with Crippen molar-refractivity contribution < 1.29 is 8.42 Å². The predicted octanol–water partition coefficient (Wildman–Crippen LogP) is 1.17. The zero-order chi connectivity index (χ0) is 21.6. The van der Waals surface area contributed by atoms with Crippen LogP contribution in [0.15, 0.2) is 31.0 Å². The number of H-pyrrole nitrogens is 1. The molecule has 1 saturated heterocycles. The average molecular weight is 441 g/mol. The number of aromatic nitrogens is 5. The summed E-state index contributed by atoms with van der Waals surface area (Å²) in [6.45, 7) is 2.48. The summed E-state index contributed by atoms with van der Waals surface area (Å²) >= 11 is 0. The van der Waals surface area contributed by atoms with Gasteiger partial charge in [-0.2, -0.15) is 14.7 Å². The van der Waals surface area contributed by atoms with Crippen molar-refractivity contribution in [3.8, 4) is 17.3 Å². The Labute approximate surface area is 180 Å². The van der Waals surface area contributed by atoms with E-state index in [1.165, 1.54) is 16.9 Å². The highest BCUT2D eigenvalue weighted by atomic mass is 32.2. The van der Waals surface area contributed by atoms with Gasteiger partial charge < -0.3 is 4.98 Å². The highest BCUT2D eigenvalue weighted by Crippen LogP contribution is 2.45. The molecule has 2 fully saturated rings. The average Bonchev–Trinajstić information content (AvgIpc) is 3.39. The smallest absolute Gasteiger partial charge is 0.211 e. The van der Waals surface area contributed by atoms with Gasteiger partial charge in [-0.1, -0.05) is 0 Å². The Kier molecular flexibility index (Phi) is 4.80. The molecule has 1 N–H and O–H groups in total. The molecule has 0 aromatic carbocycles. The monoisotopic (exact) mass is 440 g/mol. The van der Waals surface area contributed by atoms with E-state index in [-0.39, 0.29) is 5.54 Å². The van der Waals surface area contributed by atoms with Crippen LogP contribution in [0.3, 0.4) is 0 Å². The third-order valence-corrected chi connectivity index (χ3v) is 7.90. The van der Waals surface area contributed by atoms with Gasteiger partial charge in [-0.05, 0) is 18.9 Å². The number of sulfonamides is 1. The van der Waals surface area contributed by atoms with Crippen LogP contribution in [0.2, 0.25) is 0 Å². The van der Waals surface area contributed by atoms with Gasteiger partial charge in [-0.3, -0.25) is 9.58 Å². The van der Waals surface area contributed by atoms with Crippen LogP contribution in [-0.4, -0.2) is 80.8 Å². The summed E-state index contributed by atoms with van der Waals surface area (Å²) in [5.41, 5.74) is 2.16. The summed E-state index contributed by atoms with van der Waals surface area (Å²) in [5, 5.41) is 15.0. The van der Waals surface area contributed by atoms with Crippen LogP contribution in [0.5, 0.6) is 0 Å². The molecule has 3 aromatic heterocycles. The number of nitrogens with zero attached hydrogens (tertiary/aromatic N) is 7. The quantitative estimate of drug-likeness (QED) is 0.631. The molecule has 0 bridgehead atoms. The second-order valence-corrected chi connectivity index (χ2v) is 10.4. The van der Waals surface area contributed by atoms with Crippen LogP contribution >= 0.6 is 0 Å². The Morgan fingerprint density at radius 1 is 1.26 bits per heavy atom. The summed E-state index contributed by atoms with van der Waals surface area (Å²) in [5.74, 6) is 0. The largest absolute Gasteiger partial charge is 0.346 e. The van der Waals surface area contributed by atoms with E-state index < -0.39 is 10.0 Å². The van der Waals surface area contributed by atoms with Gasteiger partial charge in [0.15, 0.2) is 0 Å². The van der Waals surface area contributed by atoms with Crippen molar-refractivity contribution in [1.82, 2.24) is 33.9 Å². The van der Waals surface area contributed by atoms with Gasteiger partial charge in [0.25, 0.3) is 0 Å². The molecule has 1 aliphatic heterocycles. The maximum absolute atomic E-state index is 11.8. The molecule has 0 radical (unpaired) electrons. The normalized spacial score (nSPS) is 25.4. The first-order chi connectivity index (χ1) is 14.9. The van der Waals surface area contributed by atoms with E-state index in [1.54, 1.807) is 6.20 Å². The molecule has 0 amide bonds. The van der Waals surface area contributed by atoms with Gasteiger partial charge in [0.1, 0.15) is 12.0 Å². The third-order valence-electron chi connectivity index (χ3n) is 6.59. The summed E-state index contributed by atoms with van der Waals surface area (Å²) < 4.78 is 27.0. The molecule has 0 spiro atoms. The predicted molar refractivity (Wildman–Crippen MR) is 114 cm³/mol. The molecule has 2 aliphatic rings. The minimum Gasteiger partial charge on any atom is -0.346 e. The van der Waals surface area contributed by atoms with Crippen molar-refractivity contribution >= 4 is 21.1 Å². The van der Waals surface area contributed by atoms with E-state index in [9.17, 15) is 13.7 Å². The molecule has 0 unspecified atom stereocenters. The lowest BCUT2D eigenvalue weighted by Crippen LogP contribution is -2.60. The van der Waals surface area contributed by atoms with Crippen LogP contribution < -0.4 is 0 Å². The van der Waals surface area contributed by atoms with Crippen LogP contribution in [0, 0.1) is 11.3 Å². The molecule has 0 atom stereocenters. The Morgan fingerprint density at radius 2 is 2.03 bits per heavy atom. The molecule has 5 rings (SSSR count). The van der Waals surface area contributed by atoms with Gasteiger partial charge in [0, 0.05) is 55.6 Å². The van der Waals surface area contributed by atoms with Crippen molar-refractivity contribution in [1.29, 1.82) is 5.26 Å². The maximum atomic E-state index is 11.8. The highest BCUT2D eigenvalue weighted by molar-refractivity contribution is 7.88. The van der Waals surface area contributed by atoms with Gasteiger partial charge in [-0.25, -0.2) is 18.4 Å². The summed E-state index contributed by atoms with van der Waals surface area (Å²) in [6, 6.07) is 4.62. The van der Waals surface area contributed by atoms with Gasteiger partial charge in [0.05, 0.1) is 36.2 Å². The lowest BCUT2D eigenvalue weighted by molar-refractivity contribution is -0.00888. The number of fused-ring (bicyclic) bond motifs is 1. The first-order valence-corrected chi connectivity index (χ1v) is 12.1. The minimum absolute atomic E-state index is 0.332. The number of hydrogen-bond acceptors (Lipinski definition) is 7. The van der Waals surface area contributed by atoms with E-state index in [1.807, 2.05) is 23.1 Å². The van der Waals surface area contributed by atoms with E-state index in [0.717, 1.165) is 48.2 Å². The van der Waals surface area contributed by atoms with E-state index in [0.29, 0.717) is 25.6 Å². The Bertz CT molecular complexity index is 1240. The zero-order valence-electron chi connectivity index (χ0n) is 17.3. The van der Waals surface area contributed by atoms with Crippen LogP contribution in [0.4, 0.5) is 0 Å². The first-order valence-electron chi connectivity index (χ1n) is 10.3. The number of rotatable bonds is 5. The summed E-state index contributed by atoms with van der Waals surface area (Å²) in [6.07, 6.45) is 10.4. The molecule has 1 saturated carbocycles. The van der Waals surface area contributed by atoms with Crippen LogP contribution in [0.25, 0.3) is 22.3 Å². The Morgan fingerprint density at radius 3 is 2.74 bits per heavy atom. The number of piperazine rings is 1. The SMILES string of the molecule is CS(=O)(=O)N1CCN(C2CC(CC#N)(n3cc(-c4ncnc5[nH]ccc45)cn3)C2)CC1. The first kappa shape index (κ1) is 20.1. The second kappa shape index (κ2) is 7.40. The molecular formula is C20H24N8O2S. The summed E-state index contributed by atoms with van der Waals surface area (Å²) in [7, 11) is -3.14. The van der Waals surface area contributed by atoms with Crippen molar-refractivity contribution in [3.05, 3.63) is 31.0 Å². The van der Waals surface area contributed by atoms with Crippen molar-refractivity contribution in [2.75, 3.05) is 32.4 Å². The molecule has 1 aliphatic carbocycles. The molecule has 4 heterocycles. The highest BCUT2D eigenvalue weighted by Gasteiger charge is 2.49. The topological polar surface area (TPSA) is 124 Å². The molecule has 10 nitrogen and oxygen atoms in total. The van der Waals surface area contributed by atoms with Gasteiger partial charge in [0.2, 0.25) is 10.0 Å². The number of hydrogen-bond donors (Lipinski definition) is 1. The van der Waals surface area contributed by atoms with Crippen LogP contribution in [0.1, 0.15) is 19.3 Å². The third kappa shape index (κ3) is 3.50. The maximum Gasteiger partial charge on any atom is 0.211 e. The molecule has 3 aromatic rings. The number of aromatic amines is 1. The molecular weight excluding hydrogens is 416 g/mol. The Hall–Kier alpha value is -2.81. The fraction of sp³-hybridized carbons (Fsp3) is 0.500. The van der Waals surface area contributed by atoms with Gasteiger partial charge in [-0.15, -0.1) is 0 Å². The van der Waals surface area contributed by atoms with Crippen molar-refractivity contribution in [2.45, 2.75) is 30.8 Å². The van der Waals surface area contributed by atoms with E-state index in [2.05, 4.69) is 31.0 Å². The molecule has 11 heteroatoms. The minimum atomic E-state index is -3.14. The fourth-order valence-electron chi connectivity index (χ4n) is 4.84. The fourth-order valence-corrected chi connectivity index (χ4v) is 5.67. The lowest BCUT2D eigenvalue weighted by Gasteiger charge is -2.52. The van der Waals surface area contributed by atoms with Crippen molar-refractivity contribution in [2.24, 2.45) is 0 Å². The second-order valence-electron chi connectivity index (χ2n) is 8.46. The van der Waals surface area contributed by atoms with Gasteiger partial charge >= 0.3 is 0 Å². The van der Waals surface area contributed by atoms with E-state index >= 15 is 0 Å². The lowest BCUT2D eigenvalue weighted by atomic mass is 9.70. The number of nitrogens with one attached hydrogen (secondary N) is 1. The molecule has 31 heavy (non-hydrogen) atoms. The standard InChI is InChI=1S/C20H24N8O2S/c1-31(29,30)27-8-6-26(7-9-27)16-10-20(11-16,3-4-21)28-13-15(12-25-28)18-17-2-5-22-19(17)24-14-23-18/h2,5,12-14,16H,3,6-11H2,1H3,(H,22,23,24). The molecule has 162 valence electrons. The Balaban J connectivity index is 1.33.